The molecule has 0 fully saturated rings. The fourth-order valence-electron chi connectivity index (χ4n) is 3.70. The largest absolute Gasteiger partial charge is 0.495 e. The molecule has 5 aromatic rings. The summed E-state index contributed by atoms with van der Waals surface area (Å²) in [6, 6.07) is 9.80. The summed E-state index contributed by atoms with van der Waals surface area (Å²) in [4.78, 5) is 22.3. The predicted octanol–water partition coefficient (Wildman–Crippen LogP) is 5.23. The molecule has 0 unspecified atom stereocenters. The third-order valence-corrected chi connectivity index (χ3v) is 7.22. The highest BCUT2D eigenvalue weighted by molar-refractivity contribution is 9.10. The molecule has 0 saturated heterocycles. The van der Waals surface area contributed by atoms with Crippen LogP contribution in [-0.2, 0) is 0 Å². The molecular formula is C24H22BrN8OP. The SMILES string of the molecule is COc1ccc(-n2ccnc2)cc1Nc1ncc(Br)c(Nc2ccc3nccnc3c2P(C)C)n1. The van der Waals surface area contributed by atoms with Gasteiger partial charge in [0.15, 0.2) is 0 Å². The number of methoxy groups -OCH3 is 1. The van der Waals surface area contributed by atoms with Gasteiger partial charge in [-0.3, -0.25) is 9.97 Å². The average molecular weight is 549 g/mol. The van der Waals surface area contributed by atoms with Crippen LogP contribution in [0.15, 0.2) is 72.1 Å². The van der Waals surface area contributed by atoms with Gasteiger partial charge in [0, 0.05) is 47.7 Å². The van der Waals surface area contributed by atoms with Crippen molar-refractivity contribution in [1.82, 2.24) is 29.5 Å². The summed E-state index contributed by atoms with van der Waals surface area (Å²) in [6.45, 7) is 4.40. The summed E-state index contributed by atoms with van der Waals surface area (Å²) in [5.41, 5.74) is 4.39. The fraction of sp³-hybridized carbons (Fsp3) is 0.125. The van der Waals surface area contributed by atoms with Crippen LogP contribution in [0.2, 0.25) is 0 Å². The van der Waals surface area contributed by atoms with Crippen molar-refractivity contribution in [3.05, 3.63) is 72.1 Å². The standard InChI is InChI=1S/C24H22BrN8OP/c1-34-20-7-4-15(33-11-10-26-14-33)12-19(20)31-24-29-13-16(25)23(32-24)30-18-6-5-17-21(22(18)35(2)3)28-9-8-27-17/h4-14H,1-3H3,(H2,29,30,31,32). The Labute approximate surface area is 211 Å². The molecule has 0 aliphatic rings. The van der Waals surface area contributed by atoms with Crippen molar-refractivity contribution >= 4 is 63.3 Å². The predicted molar refractivity (Wildman–Crippen MR) is 144 cm³/mol. The van der Waals surface area contributed by atoms with Gasteiger partial charge in [-0.2, -0.15) is 4.98 Å². The molecule has 2 aromatic carbocycles. The summed E-state index contributed by atoms with van der Waals surface area (Å²) in [6.07, 6.45) is 10.5. The first kappa shape index (κ1) is 23.1. The number of rotatable bonds is 7. The molecule has 5 rings (SSSR count). The highest BCUT2D eigenvalue weighted by Gasteiger charge is 2.16. The molecule has 0 atom stereocenters. The molecule has 0 amide bonds. The van der Waals surface area contributed by atoms with E-state index in [0.717, 1.165) is 37.9 Å². The number of halogens is 1. The Morgan fingerprint density at radius 3 is 2.60 bits per heavy atom. The molecule has 35 heavy (non-hydrogen) atoms. The Hall–Kier alpha value is -3.62. The van der Waals surface area contributed by atoms with E-state index in [-0.39, 0.29) is 0 Å². The first-order valence-electron chi connectivity index (χ1n) is 10.7. The summed E-state index contributed by atoms with van der Waals surface area (Å²) in [7, 11) is 1.17. The molecule has 0 aliphatic heterocycles. The van der Waals surface area contributed by atoms with Crippen molar-refractivity contribution in [2.45, 2.75) is 0 Å². The number of nitrogens with zero attached hydrogens (tertiary/aromatic N) is 6. The minimum Gasteiger partial charge on any atom is -0.495 e. The maximum Gasteiger partial charge on any atom is 0.229 e. The average Bonchev–Trinajstić information content (AvgIpc) is 3.41. The number of fused-ring (bicyclic) bond motifs is 1. The second-order valence-corrected chi connectivity index (χ2v) is 10.9. The van der Waals surface area contributed by atoms with E-state index < -0.39 is 7.92 Å². The summed E-state index contributed by atoms with van der Waals surface area (Å²) in [5, 5.41) is 7.89. The lowest BCUT2D eigenvalue weighted by atomic mass is 10.2. The zero-order chi connectivity index (χ0) is 24.4. The Morgan fingerprint density at radius 2 is 1.83 bits per heavy atom. The van der Waals surface area contributed by atoms with Crippen molar-refractivity contribution in [1.29, 1.82) is 0 Å². The zero-order valence-corrected chi connectivity index (χ0v) is 21.7. The minimum atomic E-state index is -0.461. The van der Waals surface area contributed by atoms with Gasteiger partial charge in [-0.15, -0.1) is 0 Å². The molecule has 0 radical (unpaired) electrons. The first-order chi connectivity index (χ1) is 17.0. The monoisotopic (exact) mass is 548 g/mol. The van der Waals surface area contributed by atoms with Crippen LogP contribution in [0, 0.1) is 0 Å². The number of benzene rings is 2. The topological polar surface area (TPSA) is 103 Å². The molecule has 0 bridgehead atoms. The smallest absolute Gasteiger partial charge is 0.229 e. The summed E-state index contributed by atoms with van der Waals surface area (Å²) >= 11 is 3.58. The maximum absolute atomic E-state index is 5.54. The van der Waals surface area contributed by atoms with E-state index in [1.165, 1.54) is 0 Å². The van der Waals surface area contributed by atoms with Gasteiger partial charge in [-0.25, -0.2) is 9.97 Å². The molecule has 176 valence electrons. The lowest BCUT2D eigenvalue weighted by Crippen LogP contribution is -2.12. The van der Waals surface area contributed by atoms with Crippen LogP contribution in [0.1, 0.15) is 0 Å². The van der Waals surface area contributed by atoms with Crippen LogP contribution in [0.4, 0.5) is 23.1 Å². The van der Waals surface area contributed by atoms with Crippen LogP contribution >= 0.6 is 23.9 Å². The number of anilines is 4. The van der Waals surface area contributed by atoms with E-state index in [4.69, 9.17) is 9.72 Å². The van der Waals surface area contributed by atoms with E-state index in [1.807, 2.05) is 41.1 Å². The molecule has 3 aromatic heterocycles. The van der Waals surface area contributed by atoms with E-state index in [2.05, 4.69) is 59.8 Å². The molecular weight excluding hydrogens is 527 g/mol. The second kappa shape index (κ2) is 9.93. The van der Waals surface area contributed by atoms with Crippen LogP contribution < -0.4 is 20.7 Å². The zero-order valence-electron chi connectivity index (χ0n) is 19.3. The van der Waals surface area contributed by atoms with Crippen molar-refractivity contribution in [3.8, 4) is 11.4 Å². The third-order valence-electron chi connectivity index (χ3n) is 5.29. The number of ether oxygens (including phenoxy) is 1. The highest BCUT2D eigenvalue weighted by Crippen LogP contribution is 2.35. The van der Waals surface area contributed by atoms with Gasteiger partial charge in [0.05, 0.1) is 34.6 Å². The third kappa shape index (κ3) is 4.80. The van der Waals surface area contributed by atoms with Gasteiger partial charge < -0.3 is 19.9 Å². The highest BCUT2D eigenvalue weighted by atomic mass is 79.9. The van der Waals surface area contributed by atoms with Gasteiger partial charge in [0.1, 0.15) is 11.6 Å². The summed E-state index contributed by atoms with van der Waals surface area (Å²) < 4.78 is 8.20. The molecule has 0 saturated carbocycles. The maximum atomic E-state index is 5.54. The van der Waals surface area contributed by atoms with Crippen molar-refractivity contribution in [3.63, 3.8) is 0 Å². The lowest BCUT2D eigenvalue weighted by Gasteiger charge is -2.17. The Bertz CT molecular complexity index is 1490. The number of aromatic nitrogens is 6. The van der Waals surface area contributed by atoms with Gasteiger partial charge in [-0.05, 0) is 59.6 Å². The number of nitrogens with one attached hydrogen (secondary N) is 2. The lowest BCUT2D eigenvalue weighted by molar-refractivity contribution is 0.416. The van der Waals surface area contributed by atoms with E-state index in [0.29, 0.717) is 17.5 Å². The Kier molecular flexibility index (Phi) is 6.57. The second-order valence-electron chi connectivity index (χ2n) is 7.77. The Balaban J connectivity index is 1.49. The Morgan fingerprint density at radius 1 is 0.971 bits per heavy atom. The number of hydrogen-bond acceptors (Lipinski definition) is 8. The first-order valence-corrected chi connectivity index (χ1v) is 13.7. The molecule has 11 heteroatoms. The number of hydrogen-bond donors (Lipinski definition) is 2. The molecule has 0 spiro atoms. The normalized spacial score (nSPS) is 11.1. The van der Waals surface area contributed by atoms with Crippen LogP contribution in [0.5, 0.6) is 5.75 Å². The van der Waals surface area contributed by atoms with Crippen molar-refractivity contribution in [2.24, 2.45) is 0 Å². The molecule has 3 heterocycles. The van der Waals surface area contributed by atoms with E-state index in [1.54, 1.807) is 38.2 Å². The van der Waals surface area contributed by atoms with E-state index >= 15 is 0 Å². The van der Waals surface area contributed by atoms with Crippen LogP contribution in [0.25, 0.3) is 16.7 Å². The van der Waals surface area contributed by atoms with E-state index in [9.17, 15) is 0 Å². The van der Waals surface area contributed by atoms with Crippen molar-refractivity contribution in [2.75, 3.05) is 31.1 Å². The van der Waals surface area contributed by atoms with Gasteiger partial charge in [-0.1, -0.05) is 7.92 Å². The molecule has 9 nitrogen and oxygen atoms in total. The summed E-state index contributed by atoms with van der Waals surface area (Å²) in [5.74, 6) is 1.73. The van der Waals surface area contributed by atoms with Crippen LogP contribution in [0.3, 0.4) is 0 Å². The quantitative estimate of drug-likeness (QED) is 0.266. The molecule has 2 N–H and O–H groups in total. The van der Waals surface area contributed by atoms with Gasteiger partial charge in [0.25, 0.3) is 0 Å². The van der Waals surface area contributed by atoms with Gasteiger partial charge in [0.2, 0.25) is 5.95 Å². The number of imidazole rings is 1. The van der Waals surface area contributed by atoms with Gasteiger partial charge >= 0.3 is 0 Å². The fourth-order valence-corrected chi connectivity index (χ4v) is 5.20. The minimum absolute atomic E-state index is 0.425. The van der Waals surface area contributed by atoms with Crippen molar-refractivity contribution < 1.29 is 4.74 Å². The van der Waals surface area contributed by atoms with Crippen LogP contribution in [-0.4, -0.2) is 49.9 Å². The molecule has 0 aliphatic carbocycles.